The molecule has 29 heavy (non-hydrogen) atoms. The van der Waals surface area contributed by atoms with Crippen LogP contribution in [0.15, 0.2) is 0 Å². The van der Waals surface area contributed by atoms with Gasteiger partial charge in [0, 0.05) is 33.0 Å². The highest BCUT2D eigenvalue weighted by Crippen LogP contribution is 2.23. The first-order valence-corrected chi connectivity index (χ1v) is 11.0. The summed E-state index contributed by atoms with van der Waals surface area (Å²) in [6, 6.07) is 0. The number of nitrogens with one attached hydrogen (secondary N) is 3. The second-order valence-corrected chi connectivity index (χ2v) is 9.34. The van der Waals surface area contributed by atoms with Crippen molar-refractivity contribution in [2.45, 2.75) is 57.8 Å². The van der Waals surface area contributed by atoms with Crippen molar-refractivity contribution >= 4 is 42.4 Å². The van der Waals surface area contributed by atoms with Gasteiger partial charge in [0.15, 0.2) is 7.12 Å². The number of hydrogen-bond acceptors (Lipinski definition) is 7. The first kappa shape index (κ1) is 25.5. The van der Waals surface area contributed by atoms with E-state index in [1.165, 1.54) is 16.5 Å². The summed E-state index contributed by atoms with van der Waals surface area (Å²) in [4.78, 5) is 49.1. The van der Waals surface area contributed by atoms with Crippen LogP contribution in [0.5, 0.6) is 0 Å². The summed E-state index contributed by atoms with van der Waals surface area (Å²) in [5.74, 6) is -0.821. The molecule has 1 atom stereocenters. The molecule has 0 aromatic heterocycles. The van der Waals surface area contributed by atoms with E-state index in [1.807, 2.05) is 13.8 Å². The largest absolute Gasteiger partial charge is 0.374 e. The Hall–Kier alpha value is -1.59. The van der Waals surface area contributed by atoms with Gasteiger partial charge in [0.25, 0.3) is 0 Å². The third-order valence-corrected chi connectivity index (χ3v) is 5.71. The molecule has 1 unspecified atom stereocenters. The smallest absolute Gasteiger partial charge is 0.242 e. The Labute approximate surface area is 177 Å². The van der Waals surface area contributed by atoms with Crippen LogP contribution in [0.4, 0.5) is 0 Å². The minimum Gasteiger partial charge on any atom is -0.374 e. The molecule has 0 bridgehead atoms. The summed E-state index contributed by atoms with van der Waals surface area (Å²) >= 11 is 1.35. The number of likely N-dealkylation sites (tertiary alicyclic amines) is 1. The number of nitrogens with zero attached hydrogens (tertiary/aromatic N) is 1. The van der Waals surface area contributed by atoms with E-state index in [2.05, 4.69) is 16.2 Å². The lowest BCUT2D eigenvalue weighted by Crippen LogP contribution is -2.46. The molecule has 1 fully saturated rings. The highest BCUT2D eigenvalue weighted by molar-refractivity contribution is 8.20. The standard InChI is InChI=1S/C18H33BN4O5S/c1-17(2,16(27)22-20-5)11-28-18(3,4)7-8-21-13(24)6-9-23-14(25)10-12(29-19)15(23)26/h12,20H,6-11,19H2,1-5H3,(H,21,24)(H,22,27). The summed E-state index contributed by atoms with van der Waals surface area (Å²) in [6.07, 6.45) is 0.839. The van der Waals surface area contributed by atoms with E-state index in [-0.39, 0.29) is 54.9 Å². The Kier molecular flexibility index (Phi) is 9.64. The molecule has 0 aliphatic carbocycles. The topological polar surface area (TPSA) is 117 Å². The monoisotopic (exact) mass is 428 g/mol. The zero-order chi connectivity index (χ0) is 22.2. The summed E-state index contributed by atoms with van der Waals surface area (Å²) in [5.41, 5.74) is 3.93. The van der Waals surface area contributed by atoms with Crippen molar-refractivity contribution in [3.05, 3.63) is 0 Å². The molecule has 1 heterocycles. The second kappa shape index (κ2) is 11.0. The number of carbonyl (C=O) groups excluding carboxylic acids is 4. The van der Waals surface area contributed by atoms with Crippen molar-refractivity contribution in [1.82, 2.24) is 21.1 Å². The van der Waals surface area contributed by atoms with E-state index < -0.39 is 11.0 Å². The fraction of sp³-hybridized carbons (Fsp3) is 0.778. The highest BCUT2D eigenvalue weighted by atomic mass is 32.2. The van der Waals surface area contributed by atoms with E-state index in [9.17, 15) is 19.2 Å². The molecule has 4 amide bonds. The van der Waals surface area contributed by atoms with Crippen molar-refractivity contribution < 1.29 is 23.9 Å². The molecule has 164 valence electrons. The van der Waals surface area contributed by atoms with E-state index in [0.29, 0.717) is 13.0 Å². The van der Waals surface area contributed by atoms with Gasteiger partial charge in [-0.1, -0.05) is 0 Å². The molecular formula is C18H33BN4O5S. The third kappa shape index (κ3) is 7.98. The van der Waals surface area contributed by atoms with Crippen molar-refractivity contribution in [1.29, 1.82) is 0 Å². The Morgan fingerprint density at radius 1 is 1.28 bits per heavy atom. The molecule has 0 aromatic rings. The van der Waals surface area contributed by atoms with E-state index in [4.69, 9.17) is 4.74 Å². The predicted molar refractivity (Wildman–Crippen MR) is 115 cm³/mol. The van der Waals surface area contributed by atoms with E-state index in [1.54, 1.807) is 28.0 Å². The molecule has 1 saturated heterocycles. The average Bonchev–Trinajstić information content (AvgIpc) is 2.92. The first-order chi connectivity index (χ1) is 13.4. The SMILES string of the molecule is BSC1CC(=O)N(CCC(=O)NCCC(C)(C)OCC(C)(C)C(=O)NNC)C1=O. The lowest BCUT2D eigenvalue weighted by atomic mass is 9.93. The van der Waals surface area contributed by atoms with Gasteiger partial charge < -0.3 is 10.1 Å². The van der Waals surface area contributed by atoms with Crippen molar-refractivity contribution in [2.24, 2.45) is 5.41 Å². The predicted octanol–water partition coefficient (Wildman–Crippen LogP) is -0.636. The zero-order valence-electron chi connectivity index (χ0n) is 18.2. The molecule has 9 nitrogen and oxygen atoms in total. The maximum atomic E-state index is 12.1. The van der Waals surface area contributed by atoms with Gasteiger partial charge >= 0.3 is 0 Å². The quantitative estimate of drug-likeness (QED) is 0.215. The van der Waals surface area contributed by atoms with Crippen molar-refractivity contribution in [3.8, 4) is 0 Å². The fourth-order valence-electron chi connectivity index (χ4n) is 2.67. The van der Waals surface area contributed by atoms with Crippen LogP contribution in [0.25, 0.3) is 0 Å². The van der Waals surface area contributed by atoms with Gasteiger partial charge in [-0.25, -0.2) is 17.0 Å². The summed E-state index contributed by atoms with van der Waals surface area (Å²) in [5, 5.41) is 2.46. The van der Waals surface area contributed by atoms with Gasteiger partial charge in [0.2, 0.25) is 23.6 Å². The number of amides is 4. The number of hydrazine groups is 1. The van der Waals surface area contributed by atoms with Crippen molar-refractivity contribution in [3.63, 3.8) is 0 Å². The van der Waals surface area contributed by atoms with Crippen LogP contribution in [0, 0.1) is 5.41 Å². The lowest BCUT2D eigenvalue weighted by Gasteiger charge is -2.31. The number of carbonyl (C=O) groups is 4. The van der Waals surface area contributed by atoms with Crippen LogP contribution in [0.3, 0.4) is 0 Å². The summed E-state index contributed by atoms with van der Waals surface area (Å²) in [6.45, 7) is 8.11. The van der Waals surface area contributed by atoms with Crippen molar-refractivity contribution in [2.75, 3.05) is 26.7 Å². The normalized spacial score (nSPS) is 17.6. The van der Waals surface area contributed by atoms with Crippen LogP contribution >= 0.6 is 11.6 Å². The van der Waals surface area contributed by atoms with Gasteiger partial charge in [-0.05, 0) is 34.1 Å². The Bertz CT molecular complexity index is 629. The van der Waals surface area contributed by atoms with E-state index >= 15 is 0 Å². The molecule has 0 radical (unpaired) electrons. The fourth-order valence-corrected chi connectivity index (χ4v) is 3.31. The highest BCUT2D eigenvalue weighted by Gasteiger charge is 2.37. The molecule has 0 spiro atoms. The summed E-state index contributed by atoms with van der Waals surface area (Å²) < 4.78 is 5.90. The van der Waals surface area contributed by atoms with Crippen LogP contribution in [-0.2, 0) is 23.9 Å². The van der Waals surface area contributed by atoms with Gasteiger partial charge in [0.05, 0.1) is 22.9 Å². The van der Waals surface area contributed by atoms with Gasteiger partial charge in [-0.2, -0.15) is 0 Å². The Morgan fingerprint density at radius 2 is 1.93 bits per heavy atom. The zero-order valence-corrected chi connectivity index (χ0v) is 19.0. The number of ether oxygens (including phenoxy) is 1. The number of imide groups is 1. The molecule has 11 heteroatoms. The van der Waals surface area contributed by atoms with Gasteiger partial charge in [0.1, 0.15) is 0 Å². The molecule has 1 aliphatic rings. The lowest BCUT2D eigenvalue weighted by molar-refractivity contribution is -0.139. The minimum atomic E-state index is -0.701. The molecule has 0 aromatic carbocycles. The minimum absolute atomic E-state index is 0.0804. The average molecular weight is 428 g/mol. The Balaban J connectivity index is 2.34. The number of rotatable bonds is 12. The molecule has 1 rings (SSSR count). The second-order valence-electron chi connectivity index (χ2n) is 8.30. The molecule has 0 saturated carbocycles. The van der Waals surface area contributed by atoms with Crippen LogP contribution in [0.1, 0.15) is 47.0 Å². The van der Waals surface area contributed by atoms with Crippen LogP contribution in [-0.4, -0.2) is 73.2 Å². The molecular weight excluding hydrogens is 395 g/mol. The maximum Gasteiger partial charge on any atom is 0.242 e. The van der Waals surface area contributed by atoms with Gasteiger partial charge in [-0.3, -0.25) is 29.5 Å². The molecule has 1 aliphatic heterocycles. The Morgan fingerprint density at radius 3 is 2.48 bits per heavy atom. The van der Waals surface area contributed by atoms with E-state index in [0.717, 1.165) is 0 Å². The maximum absolute atomic E-state index is 12.1. The summed E-state index contributed by atoms with van der Waals surface area (Å²) in [7, 11) is 3.42. The number of hydrogen-bond donors (Lipinski definition) is 3. The van der Waals surface area contributed by atoms with Crippen LogP contribution < -0.4 is 16.2 Å². The first-order valence-electron chi connectivity index (χ1n) is 9.68. The van der Waals surface area contributed by atoms with Crippen LogP contribution in [0.2, 0.25) is 0 Å². The van der Waals surface area contributed by atoms with Gasteiger partial charge in [-0.15, -0.1) is 0 Å². The third-order valence-electron chi connectivity index (χ3n) is 4.78. The molecule has 3 N–H and O–H groups in total.